The number of carbonyl (C=O) groups is 3. The molecule has 1 saturated heterocycles. The fourth-order valence-corrected chi connectivity index (χ4v) is 15.1. The SMILES string of the molecule is C=C(C)[C@@H]1CC[C@]2(C(=O)OCc3cn([C@H]4C[C@H](n5cc(C)c(=O)[nH]c5=O)O[C@@H]4CO)nn3)CC[C@]3(C)[C@H](CC[C@@H]4[C@@]5(C)CC[C@H](OC(=O)CCC(=O)O)C(C)(C)[C@@H]5CC[C@]43C)[C@@H]12. The molecule has 3 N–H and O–H groups in total. The summed E-state index contributed by atoms with van der Waals surface area (Å²) in [4.78, 5) is 65.5. The van der Waals surface area contributed by atoms with Crippen molar-refractivity contribution >= 4 is 17.9 Å². The predicted molar refractivity (Wildman–Crippen MR) is 226 cm³/mol. The number of H-pyrrole nitrogens is 1. The van der Waals surface area contributed by atoms with Crippen molar-refractivity contribution in [3.63, 3.8) is 0 Å². The van der Waals surface area contributed by atoms with E-state index in [0.29, 0.717) is 35.4 Å². The van der Waals surface area contributed by atoms with Crippen molar-refractivity contribution in [1.29, 1.82) is 0 Å². The molecule has 2 aromatic heterocycles. The maximum Gasteiger partial charge on any atom is 0.330 e. The fourth-order valence-electron chi connectivity index (χ4n) is 15.1. The van der Waals surface area contributed by atoms with Crippen LogP contribution in [-0.4, -0.2) is 71.5 Å². The molecule has 8 rings (SSSR count). The van der Waals surface area contributed by atoms with Crippen LogP contribution in [-0.2, 0) is 35.2 Å². The first-order valence-electron chi connectivity index (χ1n) is 22.9. The number of carbonyl (C=O) groups excluding carboxylic acids is 2. The van der Waals surface area contributed by atoms with Gasteiger partial charge in [0.05, 0.1) is 37.1 Å². The van der Waals surface area contributed by atoms with E-state index in [9.17, 15) is 29.1 Å². The van der Waals surface area contributed by atoms with Crippen LogP contribution in [0.25, 0.3) is 0 Å². The lowest BCUT2D eigenvalue weighted by atomic mass is 9.32. The molecule has 6 fully saturated rings. The van der Waals surface area contributed by atoms with Gasteiger partial charge in [-0.1, -0.05) is 52.0 Å². The number of aliphatic hydroxyl groups excluding tert-OH is 1. The number of hydrogen-bond donors (Lipinski definition) is 3. The number of aromatic amines is 1. The molecular weight excluding hydrogens is 795 g/mol. The zero-order chi connectivity index (χ0) is 44.7. The number of fused-ring (bicyclic) bond motifs is 7. The van der Waals surface area contributed by atoms with E-state index in [-0.39, 0.29) is 71.6 Å². The zero-order valence-corrected chi connectivity index (χ0v) is 37.6. The number of ether oxygens (including phenoxy) is 3. The molecule has 0 bridgehead atoms. The minimum atomic E-state index is -0.996. The Morgan fingerprint density at radius 2 is 1.71 bits per heavy atom. The van der Waals surface area contributed by atoms with E-state index in [0.717, 1.165) is 69.8 Å². The van der Waals surface area contributed by atoms with Gasteiger partial charge in [0.15, 0.2) is 0 Å². The third-order valence-electron chi connectivity index (χ3n) is 18.3. The van der Waals surface area contributed by atoms with Crippen molar-refractivity contribution in [2.45, 2.75) is 163 Å². The Labute approximate surface area is 363 Å². The summed E-state index contributed by atoms with van der Waals surface area (Å²) in [7, 11) is 0. The Balaban J connectivity index is 0.983. The third kappa shape index (κ3) is 6.93. The van der Waals surface area contributed by atoms with Crippen molar-refractivity contribution in [3.8, 4) is 0 Å². The topological polar surface area (TPSA) is 205 Å². The molecule has 0 unspecified atom stereocenters. The molecule has 340 valence electrons. The van der Waals surface area contributed by atoms with Crippen molar-refractivity contribution in [2.24, 2.45) is 56.7 Å². The van der Waals surface area contributed by atoms with E-state index in [1.807, 2.05) is 0 Å². The highest BCUT2D eigenvalue weighted by molar-refractivity contribution is 5.78. The second kappa shape index (κ2) is 15.8. The summed E-state index contributed by atoms with van der Waals surface area (Å²) in [6.45, 7) is 19.9. The Kier molecular flexibility index (Phi) is 11.4. The highest BCUT2D eigenvalue weighted by Gasteiger charge is 2.72. The lowest BCUT2D eigenvalue weighted by Gasteiger charge is -2.72. The molecule has 15 nitrogen and oxygen atoms in total. The van der Waals surface area contributed by atoms with Crippen molar-refractivity contribution < 1.29 is 38.8 Å². The Bertz CT molecular complexity index is 2230. The van der Waals surface area contributed by atoms with Gasteiger partial charge >= 0.3 is 23.6 Å². The Hall–Kier alpha value is -4.11. The van der Waals surface area contributed by atoms with Crippen LogP contribution in [0, 0.1) is 63.6 Å². The third-order valence-corrected chi connectivity index (χ3v) is 18.3. The number of rotatable bonds is 11. The number of aryl methyl sites for hydroxylation is 1. The van der Waals surface area contributed by atoms with E-state index in [2.05, 4.69) is 63.4 Å². The largest absolute Gasteiger partial charge is 0.481 e. The number of esters is 2. The first-order valence-corrected chi connectivity index (χ1v) is 22.9. The highest BCUT2D eigenvalue weighted by Crippen LogP contribution is 2.77. The quantitative estimate of drug-likeness (QED) is 0.165. The molecule has 0 amide bonds. The van der Waals surface area contributed by atoms with Crippen molar-refractivity contribution in [2.75, 3.05) is 6.61 Å². The monoisotopic (exact) mass is 861 g/mol. The van der Waals surface area contributed by atoms with E-state index >= 15 is 0 Å². The summed E-state index contributed by atoms with van der Waals surface area (Å²) in [6.07, 6.45) is 10.8. The number of aliphatic carboxylic acids is 1. The van der Waals surface area contributed by atoms with E-state index in [1.54, 1.807) is 17.8 Å². The molecule has 0 aromatic carbocycles. The van der Waals surface area contributed by atoms with Gasteiger partial charge in [0.2, 0.25) is 0 Å². The minimum absolute atomic E-state index is 0.00723. The summed E-state index contributed by atoms with van der Waals surface area (Å²) in [5, 5.41) is 28.0. The van der Waals surface area contributed by atoms with Gasteiger partial charge in [-0.25, -0.2) is 9.48 Å². The van der Waals surface area contributed by atoms with Crippen LogP contribution in [0.3, 0.4) is 0 Å². The van der Waals surface area contributed by atoms with Crippen molar-refractivity contribution in [3.05, 3.63) is 56.6 Å². The van der Waals surface area contributed by atoms with Gasteiger partial charge in [0, 0.05) is 23.6 Å². The number of aliphatic hydroxyl groups is 1. The van der Waals surface area contributed by atoms with Crippen LogP contribution in [0.1, 0.15) is 149 Å². The molecule has 5 aliphatic carbocycles. The number of allylic oxidation sites excluding steroid dienone is 1. The van der Waals surface area contributed by atoms with Gasteiger partial charge in [0.1, 0.15) is 30.7 Å². The second-order valence-corrected chi connectivity index (χ2v) is 21.4. The zero-order valence-electron chi connectivity index (χ0n) is 37.6. The number of nitrogens with zero attached hydrogens (tertiary/aromatic N) is 4. The molecule has 3 heterocycles. The number of hydrogen-bond acceptors (Lipinski definition) is 11. The van der Waals surface area contributed by atoms with Gasteiger partial charge in [-0.2, -0.15) is 0 Å². The van der Waals surface area contributed by atoms with Crippen LogP contribution in [0.2, 0.25) is 0 Å². The smallest absolute Gasteiger partial charge is 0.330 e. The second-order valence-electron chi connectivity index (χ2n) is 21.4. The Morgan fingerprint density at radius 3 is 2.42 bits per heavy atom. The maximum atomic E-state index is 14.7. The summed E-state index contributed by atoms with van der Waals surface area (Å²) < 4.78 is 21.3. The van der Waals surface area contributed by atoms with Crippen LogP contribution >= 0.6 is 0 Å². The molecule has 0 spiro atoms. The van der Waals surface area contributed by atoms with E-state index in [1.165, 1.54) is 10.8 Å². The molecule has 15 heteroatoms. The van der Waals surface area contributed by atoms with Crippen LogP contribution in [0.4, 0.5) is 0 Å². The number of carboxylic acid groups (broad SMARTS) is 1. The fraction of sp³-hybridized carbons (Fsp3) is 0.766. The number of nitrogens with one attached hydrogen (secondary N) is 1. The average Bonchev–Trinajstić information content (AvgIpc) is 3.97. The standard InChI is InChI=1S/C47H67N5O10/c1-26(2)29-13-18-47(41(58)60-25-28-23-52(50-49-28)31-21-36(61-32(31)24-53)51-22-27(3)40(57)48-42(51)59)20-19-45(7)30(39(29)47)9-10-34-44(6)16-15-35(62-38(56)12-11-37(54)55)43(4,5)33(44)14-17-46(34,45)8/h22-23,29-36,39,53H,1,9-21,24-25H2,2-8H3,(H,54,55)(H,48,57,59)/t29-,30+,31-,32+,33-,34+,35-,36+,39+,44-,45+,46+,47-/m0/s1. The highest BCUT2D eigenvalue weighted by atomic mass is 16.5. The van der Waals surface area contributed by atoms with Gasteiger partial charge in [0.25, 0.3) is 5.56 Å². The summed E-state index contributed by atoms with van der Waals surface area (Å²) >= 11 is 0. The van der Waals surface area contributed by atoms with Gasteiger partial charge < -0.3 is 24.4 Å². The molecule has 6 aliphatic rings. The molecule has 62 heavy (non-hydrogen) atoms. The summed E-state index contributed by atoms with van der Waals surface area (Å²) in [5.74, 6) is -0.123. The normalized spacial score (nSPS) is 39.5. The minimum Gasteiger partial charge on any atom is -0.481 e. The van der Waals surface area contributed by atoms with Gasteiger partial charge in [-0.3, -0.25) is 28.7 Å². The molecule has 1 aliphatic heterocycles. The first kappa shape index (κ1) is 44.5. The summed E-state index contributed by atoms with van der Waals surface area (Å²) in [6, 6.07) is -0.450. The lowest BCUT2D eigenvalue weighted by molar-refractivity contribution is -0.251. The van der Waals surface area contributed by atoms with Gasteiger partial charge in [-0.15, -0.1) is 5.10 Å². The van der Waals surface area contributed by atoms with Crippen LogP contribution < -0.4 is 11.2 Å². The Morgan fingerprint density at radius 1 is 0.952 bits per heavy atom. The van der Waals surface area contributed by atoms with Gasteiger partial charge in [-0.05, 0) is 124 Å². The maximum absolute atomic E-state index is 14.7. The van der Waals surface area contributed by atoms with E-state index in [4.69, 9.17) is 19.3 Å². The summed E-state index contributed by atoms with van der Waals surface area (Å²) in [5.41, 5.74) is 0.109. The van der Waals surface area contributed by atoms with Crippen LogP contribution in [0.5, 0.6) is 0 Å². The van der Waals surface area contributed by atoms with E-state index < -0.39 is 47.0 Å². The molecule has 0 radical (unpaired) electrons. The average molecular weight is 862 g/mol. The molecular formula is C47H67N5O10. The number of carboxylic acids is 1. The molecule has 2 aromatic rings. The number of aromatic nitrogens is 5. The van der Waals surface area contributed by atoms with Crippen LogP contribution in [0.15, 0.2) is 34.1 Å². The molecule has 13 atom stereocenters. The first-order chi connectivity index (χ1) is 29.2. The predicted octanol–water partition coefficient (Wildman–Crippen LogP) is 6.44. The molecule has 5 saturated carbocycles. The lowest BCUT2D eigenvalue weighted by Crippen LogP contribution is -2.67. The van der Waals surface area contributed by atoms with Crippen molar-refractivity contribution in [1.82, 2.24) is 24.5 Å².